The smallest absolute Gasteiger partial charge is 0.0474 e. The molecule has 0 heterocycles. The summed E-state index contributed by atoms with van der Waals surface area (Å²) in [6, 6.07) is 0. The topological polar surface area (TPSA) is 33.3 Å². The zero-order valence-electron chi connectivity index (χ0n) is 7.65. The molecule has 0 spiro atoms. The molecule has 2 N–H and O–H groups in total. The zero-order chi connectivity index (χ0) is 8.36. The summed E-state index contributed by atoms with van der Waals surface area (Å²) < 4.78 is 4.91. The molecule has 0 unspecified atom stereocenters. The van der Waals surface area contributed by atoms with Crippen LogP contribution >= 0.6 is 0 Å². The molecule has 0 amide bonds. The number of likely N-dealkylation sites (N-methyl/N-ethyl adjacent to an activating group) is 1. The third kappa shape index (κ3) is 9.88. The molecule has 0 fully saturated rings. The number of hydrogen-bond acceptors (Lipinski definition) is 3. The fourth-order valence-corrected chi connectivity index (χ4v) is 0.820. The second-order valence-corrected chi connectivity index (χ2v) is 2.45. The first-order valence-corrected chi connectivity index (χ1v) is 4.32. The van der Waals surface area contributed by atoms with Crippen LogP contribution in [0.5, 0.6) is 0 Å². The van der Waals surface area contributed by atoms with Crippen molar-refractivity contribution in [1.82, 2.24) is 10.6 Å². The molecule has 0 aliphatic rings. The van der Waals surface area contributed by atoms with Gasteiger partial charge in [0.2, 0.25) is 0 Å². The highest BCUT2D eigenvalue weighted by atomic mass is 16.5. The van der Waals surface area contributed by atoms with E-state index in [1.54, 1.807) is 7.11 Å². The van der Waals surface area contributed by atoms with E-state index in [1.165, 1.54) is 0 Å². The van der Waals surface area contributed by atoms with Crippen LogP contribution in [0.1, 0.15) is 13.3 Å². The van der Waals surface area contributed by atoms with Crippen molar-refractivity contribution in [3.05, 3.63) is 0 Å². The quantitative estimate of drug-likeness (QED) is 0.498. The van der Waals surface area contributed by atoms with Gasteiger partial charge in [-0.15, -0.1) is 0 Å². The molecular formula is C8H20N2O. The third-order valence-electron chi connectivity index (χ3n) is 1.43. The lowest BCUT2D eigenvalue weighted by molar-refractivity contribution is 0.194. The summed E-state index contributed by atoms with van der Waals surface area (Å²) >= 11 is 0. The van der Waals surface area contributed by atoms with E-state index in [0.29, 0.717) is 0 Å². The van der Waals surface area contributed by atoms with Crippen molar-refractivity contribution < 1.29 is 4.74 Å². The molecular weight excluding hydrogens is 140 g/mol. The Morgan fingerprint density at radius 1 is 1.09 bits per heavy atom. The van der Waals surface area contributed by atoms with Crippen LogP contribution < -0.4 is 10.6 Å². The van der Waals surface area contributed by atoms with E-state index < -0.39 is 0 Å². The van der Waals surface area contributed by atoms with Gasteiger partial charge < -0.3 is 15.4 Å². The Balaban J connectivity index is 2.69. The maximum atomic E-state index is 4.91. The summed E-state index contributed by atoms with van der Waals surface area (Å²) in [7, 11) is 1.73. The van der Waals surface area contributed by atoms with Gasteiger partial charge in [-0.05, 0) is 19.5 Å². The Kier molecular flexibility index (Phi) is 9.77. The van der Waals surface area contributed by atoms with Crippen molar-refractivity contribution in [1.29, 1.82) is 0 Å². The first-order chi connectivity index (χ1) is 5.41. The molecule has 0 aliphatic heterocycles. The lowest BCUT2D eigenvalue weighted by Gasteiger charge is -2.03. The molecule has 0 aliphatic carbocycles. The van der Waals surface area contributed by atoms with Crippen LogP contribution in [0.3, 0.4) is 0 Å². The Bertz CT molecular complexity index is 61.1. The summed E-state index contributed by atoms with van der Waals surface area (Å²) in [5, 5.41) is 6.56. The Labute approximate surface area is 69.5 Å². The van der Waals surface area contributed by atoms with Crippen molar-refractivity contribution in [2.75, 3.05) is 39.9 Å². The predicted molar refractivity (Wildman–Crippen MR) is 47.9 cm³/mol. The van der Waals surface area contributed by atoms with Crippen LogP contribution in [0.2, 0.25) is 0 Å². The third-order valence-corrected chi connectivity index (χ3v) is 1.43. The van der Waals surface area contributed by atoms with Gasteiger partial charge in [0, 0.05) is 26.8 Å². The second kappa shape index (κ2) is 9.88. The molecule has 0 rings (SSSR count). The fourth-order valence-electron chi connectivity index (χ4n) is 0.820. The Hall–Kier alpha value is -0.120. The highest BCUT2D eigenvalue weighted by Gasteiger charge is 1.86. The molecule has 0 aromatic carbocycles. The summed E-state index contributed by atoms with van der Waals surface area (Å²) in [4.78, 5) is 0. The van der Waals surface area contributed by atoms with Crippen LogP contribution in [-0.4, -0.2) is 39.9 Å². The largest absolute Gasteiger partial charge is 0.385 e. The van der Waals surface area contributed by atoms with Gasteiger partial charge in [-0.2, -0.15) is 0 Å². The van der Waals surface area contributed by atoms with Gasteiger partial charge in [0.1, 0.15) is 0 Å². The van der Waals surface area contributed by atoms with Crippen LogP contribution in [-0.2, 0) is 4.74 Å². The van der Waals surface area contributed by atoms with Crippen LogP contribution in [0.4, 0.5) is 0 Å². The summed E-state index contributed by atoms with van der Waals surface area (Å²) in [5.41, 5.74) is 0. The van der Waals surface area contributed by atoms with Crippen LogP contribution in [0, 0.1) is 0 Å². The van der Waals surface area contributed by atoms with Gasteiger partial charge in [-0.3, -0.25) is 0 Å². The summed E-state index contributed by atoms with van der Waals surface area (Å²) in [6.07, 6.45) is 1.10. The van der Waals surface area contributed by atoms with E-state index in [2.05, 4.69) is 17.6 Å². The van der Waals surface area contributed by atoms with E-state index in [-0.39, 0.29) is 0 Å². The number of hydrogen-bond donors (Lipinski definition) is 2. The average Bonchev–Trinajstić information content (AvgIpc) is 2.03. The lowest BCUT2D eigenvalue weighted by atomic mass is 10.4. The summed E-state index contributed by atoms with van der Waals surface area (Å²) in [6.45, 7) is 7.19. The monoisotopic (exact) mass is 160 g/mol. The van der Waals surface area contributed by atoms with E-state index in [4.69, 9.17) is 4.74 Å². The maximum absolute atomic E-state index is 4.91. The van der Waals surface area contributed by atoms with Crippen LogP contribution in [0.15, 0.2) is 0 Å². The molecule has 0 aromatic heterocycles. The van der Waals surface area contributed by atoms with Crippen molar-refractivity contribution in [2.45, 2.75) is 13.3 Å². The van der Waals surface area contributed by atoms with Gasteiger partial charge in [-0.1, -0.05) is 6.92 Å². The zero-order valence-corrected chi connectivity index (χ0v) is 7.65. The van der Waals surface area contributed by atoms with Crippen molar-refractivity contribution in [3.63, 3.8) is 0 Å². The van der Waals surface area contributed by atoms with Crippen molar-refractivity contribution in [2.24, 2.45) is 0 Å². The summed E-state index contributed by atoms with van der Waals surface area (Å²) in [5.74, 6) is 0. The van der Waals surface area contributed by atoms with Crippen molar-refractivity contribution in [3.8, 4) is 0 Å². The number of methoxy groups -OCH3 is 1. The average molecular weight is 160 g/mol. The highest BCUT2D eigenvalue weighted by Crippen LogP contribution is 1.75. The fraction of sp³-hybridized carbons (Fsp3) is 1.00. The van der Waals surface area contributed by atoms with Gasteiger partial charge in [0.05, 0.1) is 0 Å². The molecule has 0 atom stereocenters. The number of nitrogens with one attached hydrogen (secondary N) is 2. The minimum absolute atomic E-state index is 0.855. The number of ether oxygens (including phenoxy) is 1. The van der Waals surface area contributed by atoms with Gasteiger partial charge >= 0.3 is 0 Å². The number of rotatable bonds is 8. The van der Waals surface area contributed by atoms with Crippen LogP contribution in [0.25, 0.3) is 0 Å². The van der Waals surface area contributed by atoms with Gasteiger partial charge in [0.15, 0.2) is 0 Å². The molecule has 3 heteroatoms. The standard InChI is InChI=1S/C8H20N2O/c1-3-9-6-7-10-5-4-8-11-2/h9-10H,3-8H2,1-2H3. The molecule has 11 heavy (non-hydrogen) atoms. The van der Waals surface area contributed by atoms with E-state index in [9.17, 15) is 0 Å². The minimum Gasteiger partial charge on any atom is -0.385 e. The minimum atomic E-state index is 0.855. The molecule has 68 valence electrons. The predicted octanol–water partition coefficient (Wildman–Crippen LogP) is 0.222. The SMILES string of the molecule is CCNCCNCCCOC. The first-order valence-electron chi connectivity index (χ1n) is 4.32. The lowest BCUT2D eigenvalue weighted by Crippen LogP contribution is -2.28. The maximum Gasteiger partial charge on any atom is 0.0474 e. The molecule has 0 radical (unpaired) electrons. The normalized spacial score (nSPS) is 10.4. The van der Waals surface area contributed by atoms with E-state index in [0.717, 1.165) is 39.2 Å². The molecule has 0 saturated heterocycles. The molecule has 0 aromatic rings. The second-order valence-electron chi connectivity index (χ2n) is 2.45. The van der Waals surface area contributed by atoms with E-state index in [1.807, 2.05) is 0 Å². The van der Waals surface area contributed by atoms with Gasteiger partial charge in [-0.25, -0.2) is 0 Å². The molecule has 3 nitrogen and oxygen atoms in total. The first kappa shape index (κ1) is 10.9. The molecule has 0 saturated carbocycles. The van der Waals surface area contributed by atoms with Crippen molar-refractivity contribution >= 4 is 0 Å². The molecule has 0 bridgehead atoms. The Morgan fingerprint density at radius 3 is 2.45 bits per heavy atom. The highest BCUT2D eigenvalue weighted by molar-refractivity contribution is 4.49. The Morgan fingerprint density at radius 2 is 1.82 bits per heavy atom. The van der Waals surface area contributed by atoms with E-state index >= 15 is 0 Å². The van der Waals surface area contributed by atoms with Gasteiger partial charge in [0.25, 0.3) is 0 Å².